The van der Waals surface area contributed by atoms with Gasteiger partial charge in [0.2, 0.25) is 5.91 Å². The molecule has 7 nitrogen and oxygen atoms in total. The largest absolute Gasteiger partial charge is 0.484 e. The number of benzene rings is 1. The highest BCUT2D eigenvalue weighted by Crippen LogP contribution is 2.45. The molecule has 1 saturated heterocycles. The molecule has 0 radical (unpaired) electrons. The van der Waals surface area contributed by atoms with Gasteiger partial charge in [-0.1, -0.05) is 18.2 Å². The molecule has 2 fully saturated rings. The Balaban J connectivity index is 1.29. The number of H-pyrrole nitrogens is 1. The maximum Gasteiger partial charge on any atom is 0.260 e. The van der Waals surface area contributed by atoms with Crippen LogP contribution in [0.1, 0.15) is 37.1 Å². The zero-order valence-corrected chi connectivity index (χ0v) is 16.5. The molecule has 1 aromatic heterocycles. The lowest BCUT2D eigenvalue weighted by Gasteiger charge is -2.50. The first kappa shape index (κ1) is 18.2. The van der Waals surface area contributed by atoms with Crippen molar-refractivity contribution in [3.05, 3.63) is 48.0 Å². The molecule has 1 N–H and O–H groups in total. The number of hydrogen-bond acceptors (Lipinski definition) is 4. The van der Waals surface area contributed by atoms with Gasteiger partial charge in [-0.25, -0.2) is 4.98 Å². The zero-order valence-electron chi connectivity index (χ0n) is 16.5. The first-order valence-corrected chi connectivity index (χ1v) is 10.5. The number of carbonyl (C=O) groups excluding carboxylic acids is 2. The van der Waals surface area contributed by atoms with Gasteiger partial charge < -0.3 is 19.5 Å². The van der Waals surface area contributed by atoms with Crippen LogP contribution in [0.25, 0.3) is 0 Å². The fraction of sp³-hybridized carbons (Fsp3) is 0.500. The summed E-state index contributed by atoms with van der Waals surface area (Å²) in [6.45, 7) is 1.99. The van der Waals surface area contributed by atoms with Crippen molar-refractivity contribution in [2.45, 2.75) is 37.6 Å². The number of imidazole rings is 1. The number of carbonyl (C=O) groups is 2. The van der Waals surface area contributed by atoms with E-state index in [0.29, 0.717) is 18.8 Å². The van der Waals surface area contributed by atoms with Crippen LogP contribution in [0.3, 0.4) is 0 Å². The van der Waals surface area contributed by atoms with Crippen molar-refractivity contribution in [2.24, 2.45) is 5.92 Å². The summed E-state index contributed by atoms with van der Waals surface area (Å²) in [5, 5.41) is 0. The number of para-hydroxylation sites is 1. The molecular formula is C22H26N4O3. The fourth-order valence-electron chi connectivity index (χ4n) is 4.74. The van der Waals surface area contributed by atoms with Crippen LogP contribution in [-0.4, -0.2) is 57.8 Å². The van der Waals surface area contributed by atoms with Crippen LogP contribution in [-0.2, 0) is 21.5 Å². The Morgan fingerprint density at radius 1 is 1.14 bits per heavy atom. The van der Waals surface area contributed by atoms with Crippen LogP contribution in [0.15, 0.2) is 36.7 Å². The molecule has 5 rings (SSSR count). The van der Waals surface area contributed by atoms with Crippen molar-refractivity contribution in [3.63, 3.8) is 0 Å². The predicted molar refractivity (Wildman–Crippen MR) is 106 cm³/mol. The number of aromatic amines is 1. The van der Waals surface area contributed by atoms with Crippen LogP contribution < -0.4 is 4.74 Å². The highest BCUT2D eigenvalue weighted by atomic mass is 16.5. The number of aromatic nitrogens is 2. The van der Waals surface area contributed by atoms with Crippen LogP contribution >= 0.6 is 0 Å². The number of fused-ring (bicyclic) bond motifs is 2. The van der Waals surface area contributed by atoms with E-state index in [1.54, 1.807) is 6.33 Å². The zero-order chi connectivity index (χ0) is 19.8. The van der Waals surface area contributed by atoms with Gasteiger partial charge in [0.15, 0.2) is 6.61 Å². The summed E-state index contributed by atoms with van der Waals surface area (Å²) >= 11 is 0. The van der Waals surface area contributed by atoms with Gasteiger partial charge in [-0.3, -0.25) is 9.59 Å². The lowest BCUT2D eigenvalue weighted by atomic mass is 9.78. The minimum absolute atomic E-state index is 0.0122. The molecule has 2 aliphatic heterocycles. The molecule has 2 aromatic rings. The highest BCUT2D eigenvalue weighted by molar-refractivity contribution is 5.82. The lowest BCUT2D eigenvalue weighted by Crippen LogP contribution is -2.59. The maximum absolute atomic E-state index is 13.0. The molecule has 0 atom stereocenters. The van der Waals surface area contributed by atoms with Gasteiger partial charge in [-0.05, 0) is 37.8 Å². The molecule has 1 saturated carbocycles. The van der Waals surface area contributed by atoms with E-state index in [2.05, 4.69) is 14.9 Å². The van der Waals surface area contributed by atoms with Crippen LogP contribution in [0.2, 0.25) is 0 Å². The van der Waals surface area contributed by atoms with E-state index in [1.165, 1.54) is 0 Å². The van der Waals surface area contributed by atoms with Crippen molar-refractivity contribution >= 4 is 11.8 Å². The second kappa shape index (κ2) is 7.21. The van der Waals surface area contributed by atoms with E-state index in [1.807, 2.05) is 35.2 Å². The van der Waals surface area contributed by atoms with Crippen LogP contribution in [0.4, 0.5) is 0 Å². The summed E-state index contributed by atoms with van der Waals surface area (Å²) in [6.07, 6.45) is 6.01. The Hall–Kier alpha value is -2.83. The molecule has 0 bridgehead atoms. The number of piperidine rings is 1. The van der Waals surface area contributed by atoms with E-state index in [0.717, 1.165) is 50.0 Å². The van der Waals surface area contributed by atoms with E-state index in [4.69, 9.17) is 4.74 Å². The van der Waals surface area contributed by atoms with Crippen molar-refractivity contribution in [2.75, 3.05) is 26.2 Å². The third kappa shape index (κ3) is 3.28. The average molecular weight is 394 g/mol. The van der Waals surface area contributed by atoms with Gasteiger partial charge in [0.25, 0.3) is 5.91 Å². The average Bonchev–Trinajstić information content (AvgIpc) is 3.50. The normalized spacial score (nSPS) is 20.4. The molecule has 3 heterocycles. The molecule has 2 amide bonds. The highest BCUT2D eigenvalue weighted by Gasteiger charge is 2.51. The molecule has 3 aliphatic rings. The Kier molecular flexibility index (Phi) is 4.53. The van der Waals surface area contributed by atoms with Gasteiger partial charge in [-0.15, -0.1) is 0 Å². The Morgan fingerprint density at radius 2 is 1.90 bits per heavy atom. The molecule has 7 heteroatoms. The standard InChI is InChI=1S/C22H26N4O3/c27-19(14-29-17-4-2-1-3-5-17)25-12-9-22(10-13-25)20-18(23-15-24-20)8-11-26(22)21(28)16-6-7-16/h1-5,15-16H,6-14H2,(H,23,24). The first-order valence-electron chi connectivity index (χ1n) is 10.5. The molecule has 29 heavy (non-hydrogen) atoms. The topological polar surface area (TPSA) is 78.5 Å². The Bertz CT molecular complexity index is 898. The van der Waals surface area contributed by atoms with Crippen LogP contribution in [0, 0.1) is 5.92 Å². The van der Waals surface area contributed by atoms with Crippen molar-refractivity contribution in [1.82, 2.24) is 19.8 Å². The number of hydrogen-bond donors (Lipinski definition) is 1. The van der Waals surface area contributed by atoms with E-state index >= 15 is 0 Å². The predicted octanol–water partition coefficient (Wildman–Crippen LogP) is 2.10. The van der Waals surface area contributed by atoms with E-state index in [-0.39, 0.29) is 29.9 Å². The summed E-state index contributed by atoms with van der Waals surface area (Å²) in [5.41, 5.74) is 1.76. The summed E-state index contributed by atoms with van der Waals surface area (Å²) in [5.74, 6) is 1.14. The third-order valence-corrected chi connectivity index (χ3v) is 6.50. The number of amides is 2. The lowest BCUT2D eigenvalue weighted by molar-refractivity contribution is -0.146. The van der Waals surface area contributed by atoms with E-state index < -0.39 is 0 Å². The second-order valence-electron chi connectivity index (χ2n) is 8.26. The molecule has 152 valence electrons. The third-order valence-electron chi connectivity index (χ3n) is 6.50. The van der Waals surface area contributed by atoms with Gasteiger partial charge in [-0.2, -0.15) is 0 Å². The Labute approximate surface area is 170 Å². The monoisotopic (exact) mass is 394 g/mol. The second-order valence-corrected chi connectivity index (χ2v) is 8.26. The number of rotatable bonds is 4. The molecule has 0 unspecified atom stereocenters. The minimum atomic E-state index is -0.385. The molecule has 1 aliphatic carbocycles. The molecular weight excluding hydrogens is 368 g/mol. The summed E-state index contributed by atoms with van der Waals surface area (Å²) in [6, 6.07) is 9.39. The summed E-state index contributed by atoms with van der Waals surface area (Å²) in [7, 11) is 0. The van der Waals surface area contributed by atoms with Gasteiger partial charge in [0, 0.05) is 37.7 Å². The molecule has 1 spiro atoms. The minimum Gasteiger partial charge on any atom is -0.484 e. The maximum atomic E-state index is 13.0. The van der Waals surface area contributed by atoms with Crippen molar-refractivity contribution in [1.29, 1.82) is 0 Å². The summed E-state index contributed by atoms with van der Waals surface area (Å²) in [4.78, 5) is 37.5. The quantitative estimate of drug-likeness (QED) is 0.861. The number of likely N-dealkylation sites (tertiary alicyclic amines) is 1. The van der Waals surface area contributed by atoms with Gasteiger partial charge in [0.1, 0.15) is 5.75 Å². The number of ether oxygens (including phenoxy) is 1. The van der Waals surface area contributed by atoms with E-state index in [9.17, 15) is 9.59 Å². The molecule has 1 aromatic carbocycles. The smallest absolute Gasteiger partial charge is 0.260 e. The van der Waals surface area contributed by atoms with Crippen molar-refractivity contribution in [3.8, 4) is 5.75 Å². The number of nitrogens with one attached hydrogen (secondary N) is 1. The fourth-order valence-corrected chi connectivity index (χ4v) is 4.74. The van der Waals surface area contributed by atoms with Crippen molar-refractivity contribution < 1.29 is 14.3 Å². The number of nitrogens with zero attached hydrogens (tertiary/aromatic N) is 3. The van der Waals surface area contributed by atoms with Gasteiger partial charge in [0.05, 0.1) is 17.6 Å². The SMILES string of the molecule is O=C(COc1ccccc1)N1CCC2(CC1)c1nc[nH]c1CCN2C(=O)C1CC1. The first-order chi connectivity index (χ1) is 14.2. The van der Waals surface area contributed by atoms with Gasteiger partial charge >= 0.3 is 0 Å². The van der Waals surface area contributed by atoms with Crippen LogP contribution in [0.5, 0.6) is 5.75 Å². The Morgan fingerprint density at radius 3 is 2.62 bits per heavy atom. The summed E-state index contributed by atoms with van der Waals surface area (Å²) < 4.78 is 5.63.